The Kier molecular flexibility index (Phi) is 5.07. The SMILES string of the molecule is O=C1CCSc2ccc(C(=O)NNC(=O)C3COc4ccccc4O3)cc2N1. The molecule has 1 atom stereocenters. The summed E-state index contributed by atoms with van der Waals surface area (Å²) < 4.78 is 11.1. The highest BCUT2D eigenvalue weighted by atomic mass is 32.2. The maximum atomic E-state index is 12.4. The molecule has 0 aliphatic carbocycles. The summed E-state index contributed by atoms with van der Waals surface area (Å²) in [6.07, 6.45) is -0.457. The van der Waals surface area contributed by atoms with E-state index in [2.05, 4.69) is 16.2 Å². The van der Waals surface area contributed by atoms with Gasteiger partial charge in [0.15, 0.2) is 11.5 Å². The number of nitrogens with one attached hydrogen (secondary N) is 3. The topological polar surface area (TPSA) is 106 Å². The van der Waals surface area contributed by atoms with Gasteiger partial charge in [-0.2, -0.15) is 0 Å². The first kappa shape index (κ1) is 18.2. The molecule has 4 rings (SSSR count). The van der Waals surface area contributed by atoms with Gasteiger partial charge in [0.1, 0.15) is 6.61 Å². The van der Waals surface area contributed by atoms with E-state index in [1.807, 2.05) is 6.07 Å². The minimum Gasteiger partial charge on any atom is -0.485 e. The van der Waals surface area contributed by atoms with Gasteiger partial charge in [0.25, 0.3) is 11.8 Å². The molecule has 0 fully saturated rings. The van der Waals surface area contributed by atoms with Crippen LogP contribution in [0, 0.1) is 0 Å². The fourth-order valence-electron chi connectivity index (χ4n) is 2.78. The van der Waals surface area contributed by atoms with Gasteiger partial charge in [-0.05, 0) is 30.3 Å². The standard InChI is InChI=1S/C19H17N3O5S/c23-17-7-8-28-16-6-5-11(9-12(16)20-17)18(24)21-22-19(25)15-10-26-13-3-1-2-4-14(13)27-15/h1-6,9,15H,7-8,10H2,(H,20,23)(H,21,24)(H,22,25). The lowest BCUT2D eigenvalue weighted by molar-refractivity contribution is -0.131. The molecule has 0 bridgehead atoms. The van der Waals surface area contributed by atoms with Gasteiger partial charge in [-0.3, -0.25) is 25.2 Å². The van der Waals surface area contributed by atoms with Gasteiger partial charge < -0.3 is 14.8 Å². The summed E-state index contributed by atoms with van der Waals surface area (Å²) in [6.45, 7) is 0.0425. The van der Waals surface area contributed by atoms with Gasteiger partial charge >= 0.3 is 0 Å². The summed E-state index contributed by atoms with van der Waals surface area (Å²) in [5.74, 6) is 0.609. The maximum absolute atomic E-state index is 12.4. The number of carbonyl (C=O) groups is 3. The fourth-order valence-corrected chi connectivity index (χ4v) is 3.72. The predicted molar refractivity (Wildman–Crippen MR) is 102 cm³/mol. The number of carbonyl (C=O) groups excluding carboxylic acids is 3. The Morgan fingerprint density at radius 3 is 2.79 bits per heavy atom. The number of fused-ring (bicyclic) bond motifs is 2. The minimum atomic E-state index is -0.877. The smallest absolute Gasteiger partial charge is 0.283 e. The second kappa shape index (κ2) is 7.81. The summed E-state index contributed by atoms with van der Waals surface area (Å²) in [5.41, 5.74) is 5.61. The molecule has 28 heavy (non-hydrogen) atoms. The van der Waals surface area contributed by atoms with Crippen LogP contribution in [0.5, 0.6) is 11.5 Å². The average Bonchev–Trinajstić information content (AvgIpc) is 2.91. The highest BCUT2D eigenvalue weighted by molar-refractivity contribution is 7.99. The number of hydrogen-bond acceptors (Lipinski definition) is 6. The lowest BCUT2D eigenvalue weighted by Crippen LogP contribution is -2.50. The summed E-state index contributed by atoms with van der Waals surface area (Å²) in [6, 6.07) is 12.0. The van der Waals surface area contributed by atoms with Crippen LogP contribution in [0.1, 0.15) is 16.8 Å². The number of anilines is 1. The third kappa shape index (κ3) is 3.89. The molecule has 8 nitrogen and oxygen atoms in total. The summed E-state index contributed by atoms with van der Waals surface area (Å²) >= 11 is 1.55. The molecule has 0 aromatic heterocycles. The molecule has 0 radical (unpaired) electrons. The monoisotopic (exact) mass is 399 g/mol. The zero-order valence-electron chi connectivity index (χ0n) is 14.7. The Balaban J connectivity index is 1.37. The van der Waals surface area contributed by atoms with Crippen molar-refractivity contribution >= 4 is 35.2 Å². The number of hydrazine groups is 1. The molecule has 0 spiro atoms. The Morgan fingerprint density at radius 1 is 1.11 bits per heavy atom. The molecule has 0 saturated carbocycles. The van der Waals surface area contributed by atoms with Crippen molar-refractivity contribution in [3.63, 3.8) is 0 Å². The van der Waals surface area contributed by atoms with E-state index in [0.29, 0.717) is 34.9 Å². The van der Waals surface area contributed by atoms with Crippen LogP contribution in [0.2, 0.25) is 0 Å². The van der Waals surface area contributed by atoms with Gasteiger partial charge in [-0.1, -0.05) is 12.1 Å². The molecule has 3 N–H and O–H groups in total. The van der Waals surface area contributed by atoms with Crippen molar-refractivity contribution in [2.24, 2.45) is 0 Å². The third-order valence-electron chi connectivity index (χ3n) is 4.20. The number of ether oxygens (including phenoxy) is 2. The second-order valence-corrected chi connectivity index (χ2v) is 7.30. The number of thioether (sulfide) groups is 1. The lowest BCUT2D eigenvalue weighted by Gasteiger charge is -2.25. The van der Waals surface area contributed by atoms with E-state index in [0.717, 1.165) is 4.90 Å². The Hall–Kier alpha value is -3.20. The van der Waals surface area contributed by atoms with E-state index >= 15 is 0 Å². The lowest BCUT2D eigenvalue weighted by atomic mass is 10.2. The molecule has 2 heterocycles. The van der Waals surface area contributed by atoms with Gasteiger partial charge in [-0.15, -0.1) is 11.8 Å². The first-order valence-corrected chi connectivity index (χ1v) is 9.64. The Bertz CT molecular complexity index is 949. The number of para-hydroxylation sites is 2. The van der Waals surface area contributed by atoms with Crippen LogP contribution in [0.3, 0.4) is 0 Å². The van der Waals surface area contributed by atoms with Crippen LogP contribution < -0.4 is 25.6 Å². The van der Waals surface area contributed by atoms with E-state index < -0.39 is 17.9 Å². The second-order valence-electron chi connectivity index (χ2n) is 6.17. The Labute approximate surface area is 164 Å². The van der Waals surface area contributed by atoms with Gasteiger partial charge in [0, 0.05) is 22.6 Å². The minimum absolute atomic E-state index is 0.0425. The number of amides is 3. The van der Waals surface area contributed by atoms with Gasteiger partial charge in [-0.25, -0.2) is 0 Å². The van der Waals surface area contributed by atoms with Gasteiger partial charge in [0.05, 0.1) is 5.69 Å². The largest absolute Gasteiger partial charge is 0.485 e. The molecule has 2 aliphatic heterocycles. The normalized spacial score (nSPS) is 17.6. The number of hydrogen-bond donors (Lipinski definition) is 3. The molecule has 3 amide bonds. The van der Waals surface area contributed by atoms with E-state index in [9.17, 15) is 14.4 Å². The molecule has 1 unspecified atom stereocenters. The highest BCUT2D eigenvalue weighted by Gasteiger charge is 2.27. The van der Waals surface area contributed by atoms with Crippen molar-refractivity contribution in [2.75, 3.05) is 17.7 Å². The third-order valence-corrected chi connectivity index (χ3v) is 5.28. The molecule has 2 aromatic carbocycles. The van der Waals surface area contributed by atoms with E-state index in [4.69, 9.17) is 9.47 Å². The first-order chi connectivity index (χ1) is 13.6. The van der Waals surface area contributed by atoms with E-state index in [1.165, 1.54) is 0 Å². The molecule has 0 saturated heterocycles. The molecular weight excluding hydrogens is 382 g/mol. The first-order valence-electron chi connectivity index (χ1n) is 8.65. The van der Waals surface area contributed by atoms with Gasteiger partial charge in [0.2, 0.25) is 12.0 Å². The summed E-state index contributed by atoms with van der Waals surface area (Å²) in [4.78, 5) is 37.2. The highest BCUT2D eigenvalue weighted by Crippen LogP contribution is 2.32. The van der Waals surface area contributed by atoms with Crippen molar-refractivity contribution in [3.8, 4) is 11.5 Å². The van der Waals surface area contributed by atoms with Crippen LogP contribution in [0.25, 0.3) is 0 Å². The average molecular weight is 399 g/mol. The molecule has 2 aliphatic rings. The zero-order chi connectivity index (χ0) is 19.5. The predicted octanol–water partition coefficient (Wildman–Crippen LogP) is 1.72. The van der Waals surface area contributed by atoms with Crippen LogP contribution in [0.15, 0.2) is 47.4 Å². The molecule has 144 valence electrons. The molecule has 2 aromatic rings. The van der Waals surface area contributed by atoms with Crippen molar-refractivity contribution in [1.82, 2.24) is 10.9 Å². The number of benzene rings is 2. The Morgan fingerprint density at radius 2 is 1.93 bits per heavy atom. The van der Waals surface area contributed by atoms with Crippen molar-refractivity contribution in [1.29, 1.82) is 0 Å². The summed E-state index contributed by atoms with van der Waals surface area (Å²) in [7, 11) is 0. The van der Waals surface area contributed by atoms with E-state index in [1.54, 1.807) is 48.2 Å². The quantitative estimate of drug-likeness (QED) is 0.664. The molecular formula is C19H17N3O5S. The van der Waals surface area contributed by atoms with Crippen LogP contribution >= 0.6 is 11.8 Å². The number of rotatable bonds is 2. The maximum Gasteiger partial charge on any atom is 0.283 e. The van der Waals surface area contributed by atoms with Crippen LogP contribution in [-0.2, 0) is 9.59 Å². The van der Waals surface area contributed by atoms with Crippen LogP contribution in [-0.4, -0.2) is 36.2 Å². The van der Waals surface area contributed by atoms with Crippen molar-refractivity contribution in [3.05, 3.63) is 48.0 Å². The zero-order valence-corrected chi connectivity index (χ0v) is 15.5. The van der Waals surface area contributed by atoms with Crippen molar-refractivity contribution < 1.29 is 23.9 Å². The fraction of sp³-hybridized carbons (Fsp3) is 0.211. The van der Waals surface area contributed by atoms with Crippen molar-refractivity contribution in [2.45, 2.75) is 17.4 Å². The summed E-state index contributed by atoms with van der Waals surface area (Å²) in [5, 5.41) is 2.78. The molecule has 9 heteroatoms. The van der Waals surface area contributed by atoms with Crippen LogP contribution in [0.4, 0.5) is 5.69 Å². The van der Waals surface area contributed by atoms with E-state index in [-0.39, 0.29) is 12.5 Å².